The van der Waals surface area contributed by atoms with Gasteiger partial charge < -0.3 is 10.6 Å². The highest BCUT2D eigenvalue weighted by Crippen LogP contribution is 2.36. The summed E-state index contributed by atoms with van der Waals surface area (Å²) in [5, 5.41) is 8.98. The van der Waals surface area contributed by atoms with Gasteiger partial charge in [0.05, 0.1) is 15.1 Å². The summed E-state index contributed by atoms with van der Waals surface area (Å²) in [5.41, 5.74) is 2.85. The molecular formula is C18H20N4O2S2. The van der Waals surface area contributed by atoms with Gasteiger partial charge in [0.1, 0.15) is 12.1 Å². The summed E-state index contributed by atoms with van der Waals surface area (Å²) >= 11 is 1.61. The second-order valence-corrected chi connectivity index (χ2v) is 9.41. The predicted octanol–water partition coefficient (Wildman–Crippen LogP) is 2.93. The Balaban J connectivity index is 1.68. The Morgan fingerprint density at radius 1 is 1.15 bits per heavy atom. The van der Waals surface area contributed by atoms with E-state index in [9.17, 15) is 8.42 Å². The zero-order chi connectivity index (χ0) is 18.1. The first-order valence-electron chi connectivity index (χ1n) is 8.52. The van der Waals surface area contributed by atoms with Gasteiger partial charge in [0, 0.05) is 23.2 Å². The molecule has 1 fully saturated rings. The van der Waals surface area contributed by atoms with E-state index in [-0.39, 0.29) is 0 Å². The van der Waals surface area contributed by atoms with Crippen LogP contribution in [0.4, 0.5) is 5.82 Å². The number of thiophene rings is 1. The molecule has 1 aliphatic rings. The number of nitrogens with one attached hydrogen (secondary N) is 2. The van der Waals surface area contributed by atoms with Gasteiger partial charge in [-0.1, -0.05) is 12.1 Å². The number of sulfone groups is 1. The largest absolute Gasteiger partial charge is 0.366 e. The molecule has 1 saturated heterocycles. The van der Waals surface area contributed by atoms with Crippen LogP contribution in [0, 0.1) is 0 Å². The summed E-state index contributed by atoms with van der Waals surface area (Å²) in [7, 11) is -3.19. The lowest BCUT2D eigenvalue weighted by molar-refractivity contribution is 0.478. The SMILES string of the molecule is CS(=O)(=O)c1ccc(-c2csc3c(NC4CCNCC4)ncnc23)cc1. The zero-order valence-electron chi connectivity index (χ0n) is 14.4. The topological polar surface area (TPSA) is 84.0 Å². The van der Waals surface area contributed by atoms with Crippen LogP contribution in [-0.2, 0) is 9.84 Å². The molecule has 0 saturated carbocycles. The fourth-order valence-corrected chi connectivity index (χ4v) is 4.81. The molecular weight excluding hydrogens is 368 g/mol. The fraction of sp³-hybridized carbons (Fsp3) is 0.333. The molecule has 0 radical (unpaired) electrons. The Bertz CT molecular complexity index is 1020. The Kier molecular flexibility index (Phi) is 4.64. The highest BCUT2D eigenvalue weighted by atomic mass is 32.2. The van der Waals surface area contributed by atoms with Crippen LogP contribution in [0.3, 0.4) is 0 Å². The minimum Gasteiger partial charge on any atom is -0.366 e. The summed E-state index contributed by atoms with van der Waals surface area (Å²) in [6.07, 6.45) is 4.97. The highest BCUT2D eigenvalue weighted by Gasteiger charge is 2.17. The molecule has 1 aliphatic heterocycles. The van der Waals surface area contributed by atoms with Gasteiger partial charge >= 0.3 is 0 Å². The lowest BCUT2D eigenvalue weighted by Crippen LogP contribution is -2.35. The van der Waals surface area contributed by atoms with Gasteiger partial charge in [-0.2, -0.15) is 0 Å². The van der Waals surface area contributed by atoms with Crippen LogP contribution in [0.25, 0.3) is 21.3 Å². The fourth-order valence-electron chi connectivity index (χ4n) is 3.20. The van der Waals surface area contributed by atoms with Crippen LogP contribution in [-0.4, -0.2) is 43.8 Å². The second kappa shape index (κ2) is 6.94. The standard InChI is InChI=1S/C18H20N4O2S2/c1-26(23,24)14-4-2-12(3-5-14)15-10-25-17-16(15)20-11-21-18(17)22-13-6-8-19-9-7-13/h2-5,10-11,13,19H,6-9H2,1H3,(H,20,21,22). The zero-order valence-corrected chi connectivity index (χ0v) is 16.0. The molecule has 0 atom stereocenters. The van der Waals surface area contributed by atoms with Crippen LogP contribution in [0.15, 0.2) is 40.9 Å². The molecule has 1 aromatic carbocycles. The number of nitrogens with zero attached hydrogens (tertiary/aromatic N) is 2. The first-order valence-corrected chi connectivity index (χ1v) is 11.3. The van der Waals surface area contributed by atoms with E-state index < -0.39 is 9.84 Å². The van der Waals surface area contributed by atoms with E-state index in [1.165, 1.54) is 6.26 Å². The normalized spacial score (nSPS) is 16.0. The van der Waals surface area contributed by atoms with Gasteiger partial charge in [0.15, 0.2) is 9.84 Å². The molecule has 2 N–H and O–H groups in total. The molecule has 3 heterocycles. The smallest absolute Gasteiger partial charge is 0.175 e. The first-order chi connectivity index (χ1) is 12.5. The van der Waals surface area contributed by atoms with E-state index in [4.69, 9.17) is 0 Å². The quantitative estimate of drug-likeness (QED) is 0.715. The highest BCUT2D eigenvalue weighted by molar-refractivity contribution is 7.90. The molecule has 0 bridgehead atoms. The molecule has 26 heavy (non-hydrogen) atoms. The van der Waals surface area contributed by atoms with Crippen molar-refractivity contribution in [2.24, 2.45) is 0 Å². The molecule has 0 spiro atoms. The van der Waals surface area contributed by atoms with Crippen molar-refractivity contribution < 1.29 is 8.42 Å². The maximum atomic E-state index is 11.6. The minimum absolute atomic E-state index is 0.323. The van der Waals surface area contributed by atoms with Crippen LogP contribution in [0.2, 0.25) is 0 Å². The molecule has 0 aliphatic carbocycles. The van der Waals surface area contributed by atoms with E-state index in [1.807, 2.05) is 12.1 Å². The summed E-state index contributed by atoms with van der Waals surface area (Å²) in [5.74, 6) is 0.880. The third kappa shape index (κ3) is 3.44. The summed E-state index contributed by atoms with van der Waals surface area (Å²) in [4.78, 5) is 9.24. The van der Waals surface area contributed by atoms with Crippen molar-refractivity contribution >= 4 is 37.2 Å². The van der Waals surface area contributed by atoms with Crippen LogP contribution < -0.4 is 10.6 Å². The van der Waals surface area contributed by atoms with E-state index in [1.54, 1.807) is 29.8 Å². The Labute approximate surface area is 156 Å². The molecule has 0 amide bonds. The van der Waals surface area contributed by atoms with Gasteiger partial charge in [-0.25, -0.2) is 18.4 Å². The van der Waals surface area contributed by atoms with Gasteiger partial charge in [0.2, 0.25) is 0 Å². The monoisotopic (exact) mass is 388 g/mol. The number of hydrogen-bond acceptors (Lipinski definition) is 7. The number of piperidine rings is 1. The summed E-state index contributed by atoms with van der Waals surface area (Å²) < 4.78 is 24.3. The van der Waals surface area contributed by atoms with E-state index >= 15 is 0 Å². The first kappa shape index (κ1) is 17.4. The lowest BCUT2D eigenvalue weighted by atomic mass is 10.1. The Hall–Kier alpha value is -2.03. The maximum Gasteiger partial charge on any atom is 0.175 e. The minimum atomic E-state index is -3.19. The third-order valence-corrected chi connectivity index (χ3v) is 6.73. The maximum absolute atomic E-state index is 11.6. The number of anilines is 1. The lowest BCUT2D eigenvalue weighted by Gasteiger charge is -2.24. The van der Waals surface area contributed by atoms with E-state index in [0.29, 0.717) is 10.9 Å². The number of hydrogen-bond donors (Lipinski definition) is 2. The number of rotatable bonds is 4. The Morgan fingerprint density at radius 2 is 1.88 bits per heavy atom. The van der Waals surface area contributed by atoms with E-state index in [0.717, 1.165) is 53.1 Å². The van der Waals surface area contributed by atoms with Crippen molar-refractivity contribution in [3.63, 3.8) is 0 Å². The van der Waals surface area contributed by atoms with Crippen LogP contribution in [0.1, 0.15) is 12.8 Å². The second-order valence-electron chi connectivity index (χ2n) is 6.51. The average Bonchev–Trinajstić information content (AvgIpc) is 3.07. The predicted molar refractivity (Wildman–Crippen MR) is 105 cm³/mol. The number of benzene rings is 1. The molecule has 2 aromatic heterocycles. The van der Waals surface area contributed by atoms with Crippen molar-refractivity contribution in [3.8, 4) is 11.1 Å². The molecule has 8 heteroatoms. The number of fused-ring (bicyclic) bond motifs is 1. The van der Waals surface area contributed by atoms with Crippen LogP contribution >= 0.6 is 11.3 Å². The van der Waals surface area contributed by atoms with Gasteiger partial charge in [-0.15, -0.1) is 11.3 Å². The third-order valence-electron chi connectivity index (χ3n) is 4.63. The molecule has 0 unspecified atom stereocenters. The molecule has 136 valence electrons. The van der Waals surface area contributed by atoms with Gasteiger partial charge in [-0.05, 0) is 43.6 Å². The van der Waals surface area contributed by atoms with Gasteiger partial charge in [0.25, 0.3) is 0 Å². The van der Waals surface area contributed by atoms with Crippen molar-refractivity contribution in [1.82, 2.24) is 15.3 Å². The average molecular weight is 389 g/mol. The van der Waals surface area contributed by atoms with Crippen LogP contribution in [0.5, 0.6) is 0 Å². The van der Waals surface area contributed by atoms with Gasteiger partial charge in [-0.3, -0.25) is 0 Å². The van der Waals surface area contributed by atoms with Crippen molar-refractivity contribution in [2.75, 3.05) is 24.7 Å². The summed E-state index contributed by atoms with van der Waals surface area (Å²) in [6, 6.07) is 7.38. The Morgan fingerprint density at radius 3 is 2.58 bits per heavy atom. The molecule has 6 nitrogen and oxygen atoms in total. The summed E-state index contributed by atoms with van der Waals surface area (Å²) in [6.45, 7) is 2.04. The molecule has 3 aromatic rings. The van der Waals surface area contributed by atoms with E-state index in [2.05, 4.69) is 26.0 Å². The van der Waals surface area contributed by atoms with Crippen molar-refractivity contribution in [3.05, 3.63) is 36.0 Å². The molecule has 4 rings (SSSR count). The van der Waals surface area contributed by atoms with Crippen molar-refractivity contribution in [1.29, 1.82) is 0 Å². The van der Waals surface area contributed by atoms with Crippen molar-refractivity contribution in [2.45, 2.75) is 23.8 Å². The number of aromatic nitrogens is 2.